The van der Waals surface area contributed by atoms with Gasteiger partial charge in [0, 0.05) is 4.47 Å². The van der Waals surface area contributed by atoms with Crippen LogP contribution in [0.25, 0.3) is 0 Å². The largest absolute Gasteiger partial charge is 0.0637 e. The van der Waals surface area contributed by atoms with Crippen molar-refractivity contribution < 1.29 is 4.11 Å². The van der Waals surface area contributed by atoms with Crippen molar-refractivity contribution in [1.29, 1.82) is 0 Å². The minimum Gasteiger partial charge on any atom is -0.0609 e. The van der Waals surface area contributed by atoms with Crippen molar-refractivity contribution in [2.45, 2.75) is 6.92 Å². The minimum atomic E-state index is 0.200. The van der Waals surface area contributed by atoms with Crippen LogP contribution < -0.4 is 0 Å². The number of hydrogen-bond acceptors (Lipinski definition) is 0. The Morgan fingerprint density at radius 3 is 3.12 bits per heavy atom. The van der Waals surface area contributed by atoms with Gasteiger partial charge in [-0.05, 0) is 19.0 Å². The van der Waals surface area contributed by atoms with E-state index in [4.69, 9.17) is 4.11 Å². The summed E-state index contributed by atoms with van der Waals surface area (Å²) in [6, 6.07) is 2.12. The van der Waals surface area contributed by atoms with E-state index in [2.05, 4.69) is 15.9 Å². The Hall–Kier alpha value is -0.300. The lowest BCUT2D eigenvalue weighted by atomic mass is 10.2. The lowest BCUT2D eigenvalue weighted by molar-refractivity contribution is 1.45. The van der Waals surface area contributed by atoms with Crippen LogP contribution in [0.3, 0.4) is 0 Å². The summed E-state index contributed by atoms with van der Waals surface area (Å²) in [5.74, 6) is 0. The molecule has 1 aromatic rings. The molecule has 0 atom stereocenters. The van der Waals surface area contributed by atoms with Crippen molar-refractivity contribution in [3.05, 3.63) is 34.2 Å². The highest BCUT2D eigenvalue weighted by Crippen LogP contribution is 2.09. The van der Waals surface area contributed by atoms with Crippen molar-refractivity contribution in [1.82, 2.24) is 0 Å². The van der Waals surface area contributed by atoms with Gasteiger partial charge >= 0.3 is 0 Å². The number of benzene rings is 1. The van der Waals surface area contributed by atoms with E-state index < -0.39 is 0 Å². The van der Waals surface area contributed by atoms with E-state index >= 15 is 0 Å². The standard InChI is InChI=1S/C7H7Br/c1-6-3-2-4-7(8)5-6/h2-5H,1H3/i3D,4D,5D. The minimum absolute atomic E-state index is 0.200. The number of hydrogen-bond donors (Lipinski definition) is 0. The molecular weight excluding hydrogens is 164 g/mol. The molecule has 0 unspecified atom stereocenters. The van der Waals surface area contributed by atoms with E-state index in [1.807, 2.05) is 0 Å². The third-order valence-electron chi connectivity index (χ3n) is 0.785. The monoisotopic (exact) mass is 173 g/mol. The van der Waals surface area contributed by atoms with Gasteiger partial charge in [0.05, 0.1) is 4.11 Å². The van der Waals surface area contributed by atoms with Crippen molar-refractivity contribution in [2.24, 2.45) is 0 Å². The number of rotatable bonds is 0. The Bertz CT molecular complexity index is 270. The van der Waals surface area contributed by atoms with Crippen LogP contribution in [-0.2, 0) is 0 Å². The van der Waals surface area contributed by atoms with Gasteiger partial charge in [-0.15, -0.1) is 0 Å². The summed E-state index contributed by atoms with van der Waals surface area (Å²) >= 11 is 3.11. The molecule has 0 spiro atoms. The Kier molecular flexibility index (Phi) is 0.873. The second kappa shape index (κ2) is 2.31. The average molecular weight is 174 g/mol. The zero-order valence-electron chi connectivity index (χ0n) is 7.46. The fourth-order valence-electron chi connectivity index (χ4n) is 0.444. The maximum atomic E-state index is 7.44. The first kappa shape index (κ1) is 3.02. The topological polar surface area (TPSA) is 0 Å². The Morgan fingerprint density at radius 2 is 2.38 bits per heavy atom. The van der Waals surface area contributed by atoms with Gasteiger partial charge in [-0.25, -0.2) is 0 Å². The Balaban J connectivity index is 3.46. The van der Waals surface area contributed by atoms with Gasteiger partial charge in [-0.2, -0.15) is 0 Å². The van der Waals surface area contributed by atoms with Crippen molar-refractivity contribution >= 4 is 15.9 Å². The average Bonchev–Trinajstić information content (AvgIpc) is 1.97. The van der Waals surface area contributed by atoms with Gasteiger partial charge in [-0.1, -0.05) is 33.6 Å². The van der Waals surface area contributed by atoms with Crippen LogP contribution in [0.2, 0.25) is 0 Å². The molecule has 0 bridgehead atoms. The quantitative estimate of drug-likeness (QED) is 0.567. The Morgan fingerprint density at radius 1 is 1.62 bits per heavy atom. The lowest BCUT2D eigenvalue weighted by Gasteiger charge is -1.89. The lowest BCUT2D eigenvalue weighted by Crippen LogP contribution is -1.67. The zero-order valence-corrected chi connectivity index (χ0v) is 6.04. The molecule has 0 N–H and O–H groups in total. The molecule has 1 heteroatoms. The first-order valence-electron chi connectivity index (χ1n) is 3.77. The summed E-state index contributed by atoms with van der Waals surface area (Å²) in [5.41, 5.74) is 0.605. The molecule has 8 heavy (non-hydrogen) atoms. The van der Waals surface area contributed by atoms with E-state index in [0.29, 0.717) is 10.0 Å². The zero-order chi connectivity index (χ0) is 8.59. The summed E-state index contributed by atoms with van der Waals surface area (Å²) in [4.78, 5) is 0. The van der Waals surface area contributed by atoms with Gasteiger partial charge in [-0.3, -0.25) is 0 Å². The van der Waals surface area contributed by atoms with Crippen LogP contribution in [-0.4, -0.2) is 0 Å². The second-order valence-electron chi connectivity index (χ2n) is 1.50. The maximum absolute atomic E-state index is 7.44. The van der Waals surface area contributed by atoms with Crippen molar-refractivity contribution in [3.63, 3.8) is 0 Å². The van der Waals surface area contributed by atoms with Gasteiger partial charge < -0.3 is 0 Å². The molecule has 1 rings (SSSR count). The predicted octanol–water partition coefficient (Wildman–Crippen LogP) is 2.76. The summed E-state index contributed by atoms with van der Waals surface area (Å²) in [7, 11) is 0. The molecule has 0 saturated heterocycles. The van der Waals surface area contributed by atoms with Crippen molar-refractivity contribution in [2.75, 3.05) is 0 Å². The Labute approximate surface area is 61.9 Å². The van der Waals surface area contributed by atoms with Crippen LogP contribution in [0.1, 0.15) is 9.68 Å². The van der Waals surface area contributed by atoms with Gasteiger partial charge in [0.15, 0.2) is 0 Å². The summed E-state index contributed by atoms with van der Waals surface area (Å²) in [5, 5.41) is 0. The molecule has 1 aromatic carbocycles. The first-order chi connectivity index (χ1) is 5.04. The molecule has 0 aromatic heterocycles. The van der Waals surface area contributed by atoms with Gasteiger partial charge in [0.1, 0.15) is 0 Å². The molecule has 0 fully saturated rings. The molecule has 0 aliphatic rings. The van der Waals surface area contributed by atoms with Crippen LogP contribution in [0.5, 0.6) is 0 Å². The third kappa shape index (κ3) is 1.34. The van der Waals surface area contributed by atoms with Crippen LogP contribution in [0.4, 0.5) is 0 Å². The van der Waals surface area contributed by atoms with Crippen LogP contribution >= 0.6 is 15.9 Å². The highest BCUT2D eigenvalue weighted by molar-refractivity contribution is 9.10. The van der Waals surface area contributed by atoms with Crippen LogP contribution in [0, 0.1) is 6.92 Å². The van der Waals surface area contributed by atoms with Gasteiger partial charge in [0.2, 0.25) is 0 Å². The molecule has 0 aliphatic heterocycles. The van der Waals surface area contributed by atoms with Gasteiger partial charge in [0.25, 0.3) is 0 Å². The highest BCUT2D eigenvalue weighted by atomic mass is 79.9. The normalized spacial score (nSPS) is 14.5. The van der Waals surface area contributed by atoms with E-state index in [9.17, 15) is 0 Å². The molecular formula is C7H7Br. The van der Waals surface area contributed by atoms with E-state index in [1.165, 1.54) is 6.07 Å². The summed E-state index contributed by atoms with van der Waals surface area (Å²) < 4.78 is 22.6. The predicted molar refractivity (Wildman–Crippen MR) is 38.9 cm³/mol. The molecule has 0 aliphatic carbocycles. The maximum Gasteiger partial charge on any atom is 0.0637 e. The molecule has 0 amide bonds. The summed E-state index contributed by atoms with van der Waals surface area (Å²) in [6.45, 7) is 1.70. The molecule has 42 valence electrons. The fourth-order valence-corrected chi connectivity index (χ4v) is 0.856. The van der Waals surface area contributed by atoms with Crippen LogP contribution in [0.15, 0.2) is 28.7 Å². The molecule has 0 heterocycles. The second-order valence-corrected chi connectivity index (χ2v) is 2.29. The molecule has 0 radical (unpaired) electrons. The van der Waals surface area contributed by atoms with E-state index in [0.717, 1.165) is 0 Å². The fraction of sp³-hybridized carbons (Fsp3) is 0.143. The highest BCUT2D eigenvalue weighted by Gasteiger charge is 1.82. The summed E-state index contributed by atoms with van der Waals surface area (Å²) in [6.07, 6.45) is 0. The third-order valence-corrected chi connectivity index (χ3v) is 1.21. The van der Waals surface area contributed by atoms with Crippen molar-refractivity contribution in [3.8, 4) is 0 Å². The molecule has 0 saturated carbocycles. The van der Waals surface area contributed by atoms with E-state index in [-0.39, 0.29) is 18.1 Å². The number of halogens is 1. The first-order valence-corrected chi connectivity index (χ1v) is 3.06. The smallest absolute Gasteiger partial charge is 0.0609 e. The molecule has 0 nitrogen and oxygen atoms in total. The van der Waals surface area contributed by atoms with E-state index in [1.54, 1.807) is 6.92 Å². The SMILES string of the molecule is [2H]c1cc([2H])c(Br)c([2H])c1C.